The summed E-state index contributed by atoms with van der Waals surface area (Å²) in [6.45, 7) is 0. The summed E-state index contributed by atoms with van der Waals surface area (Å²) in [5.41, 5.74) is 0.808. The quantitative estimate of drug-likeness (QED) is 0.109. The summed E-state index contributed by atoms with van der Waals surface area (Å²) < 4.78 is 5.20. The number of aliphatic carboxylic acids is 2. The molecule has 0 saturated carbocycles. The Labute approximate surface area is 240 Å². The standard InChI is InChI=1S/C24H22N8O7S2/c1-37-15-6-4-14(5-7-15)25-22-28-23(26-16-8-12(10-40-16)18(20(33)34)31-38-2)30-24(29-22)27-17-9-13(11-41-17)19(21(35)36)32-39-3/h4-11H,1-3H3,(H,33,34)(H,35,36)(H3,25,26,27,28,29,30)/b31-18-,32-19+. The van der Waals surface area contributed by atoms with Gasteiger partial charge in [-0.25, -0.2) is 9.59 Å². The van der Waals surface area contributed by atoms with Crippen LogP contribution < -0.4 is 20.7 Å². The number of anilines is 6. The molecule has 0 unspecified atom stereocenters. The molecule has 0 amide bonds. The molecule has 3 aromatic heterocycles. The maximum absolute atomic E-state index is 11.5. The lowest BCUT2D eigenvalue weighted by Gasteiger charge is -2.10. The van der Waals surface area contributed by atoms with E-state index in [0.717, 1.165) is 0 Å². The molecular formula is C24H22N8O7S2. The molecular weight excluding hydrogens is 576 g/mol. The highest BCUT2D eigenvalue weighted by Gasteiger charge is 2.18. The predicted octanol–water partition coefficient (Wildman–Crippen LogP) is 4.10. The van der Waals surface area contributed by atoms with E-state index in [1.807, 2.05) is 0 Å². The fourth-order valence-corrected chi connectivity index (χ4v) is 4.79. The Balaban J connectivity index is 1.64. The van der Waals surface area contributed by atoms with Crippen molar-refractivity contribution in [3.8, 4) is 5.75 Å². The number of ether oxygens (including phenoxy) is 1. The van der Waals surface area contributed by atoms with Gasteiger partial charge >= 0.3 is 11.9 Å². The normalized spacial score (nSPS) is 11.5. The van der Waals surface area contributed by atoms with Crippen LogP contribution in [0.5, 0.6) is 5.75 Å². The minimum absolute atomic E-state index is 0.136. The summed E-state index contributed by atoms with van der Waals surface area (Å²) in [4.78, 5) is 45.6. The monoisotopic (exact) mass is 598 g/mol. The molecule has 0 radical (unpaired) electrons. The summed E-state index contributed by atoms with van der Waals surface area (Å²) in [6, 6.07) is 10.2. The van der Waals surface area contributed by atoms with Gasteiger partial charge in [-0.1, -0.05) is 10.3 Å². The van der Waals surface area contributed by atoms with Crippen LogP contribution in [0.2, 0.25) is 0 Å². The van der Waals surface area contributed by atoms with Gasteiger partial charge in [0.15, 0.2) is 11.4 Å². The molecule has 3 heterocycles. The molecule has 1 aromatic carbocycles. The molecule has 5 N–H and O–H groups in total. The molecule has 0 aliphatic carbocycles. The molecule has 15 nitrogen and oxygen atoms in total. The van der Waals surface area contributed by atoms with E-state index >= 15 is 0 Å². The molecule has 0 fully saturated rings. The van der Waals surface area contributed by atoms with Crippen LogP contribution in [0.1, 0.15) is 11.1 Å². The van der Waals surface area contributed by atoms with Gasteiger partial charge in [0.25, 0.3) is 0 Å². The van der Waals surface area contributed by atoms with E-state index in [1.54, 1.807) is 54.3 Å². The van der Waals surface area contributed by atoms with Crippen LogP contribution >= 0.6 is 22.7 Å². The number of carboxylic acid groups (broad SMARTS) is 2. The van der Waals surface area contributed by atoms with E-state index in [0.29, 0.717) is 32.6 Å². The summed E-state index contributed by atoms with van der Waals surface area (Å²) in [5.74, 6) is -1.36. The smallest absolute Gasteiger partial charge is 0.358 e. The SMILES string of the molecule is CO/N=C(\C(=O)O)c1csc(Nc2nc(Nc3ccc(OC)cc3)nc(Nc3cc(/C(=N\OC)C(=O)O)cs3)n2)c1. The zero-order valence-electron chi connectivity index (χ0n) is 21.6. The number of aromatic nitrogens is 3. The van der Waals surface area contributed by atoms with Gasteiger partial charge < -0.3 is 40.6 Å². The third-order valence-electron chi connectivity index (χ3n) is 4.97. The predicted molar refractivity (Wildman–Crippen MR) is 154 cm³/mol. The Morgan fingerprint density at radius 3 is 1.56 bits per heavy atom. The minimum Gasteiger partial charge on any atom is -0.497 e. The van der Waals surface area contributed by atoms with Gasteiger partial charge in [0, 0.05) is 27.6 Å². The van der Waals surface area contributed by atoms with Gasteiger partial charge in [0.1, 0.15) is 20.0 Å². The average molecular weight is 599 g/mol. The Hall–Kier alpha value is -5.29. The first-order valence-electron chi connectivity index (χ1n) is 11.4. The van der Waals surface area contributed by atoms with Crippen molar-refractivity contribution in [1.82, 2.24) is 15.0 Å². The largest absolute Gasteiger partial charge is 0.497 e. The molecule has 0 bridgehead atoms. The van der Waals surface area contributed by atoms with Crippen LogP contribution in [0.25, 0.3) is 0 Å². The van der Waals surface area contributed by atoms with Crippen molar-refractivity contribution in [2.45, 2.75) is 0 Å². The molecule has 0 atom stereocenters. The number of hydrogen-bond acceptors (Lipinski definition) is 15. The number of thiophene rings is 2. The van der Waals surface area contributed by atoms with E-state index in [-0.39, 0.29) is 29.3 Å². The van der Waals surface area contributed by atoms with Crippen molar-refractivity contribution in [3.05, 3.63) is 58.3 Å². The third kappa shape index (κ3) is 7.43. The number of benzene rings is 1. The van der Waals surface area contributed by atoms with Crippen molar-refractivity contribution in [2.75, 3.05) is 37.3 Å². The molecule has 0 aliphatic heterocycles. The highest BCUT2D eigenvalue weighted by Crippen LogP contribution is 2.28. The summed E-state index contributed by atoms with van der Waals surface area (Å²) in [5, 5.41) is 39.4. The maximum atomic E-state index is 11.5. The lowest BCUT2D eigenvalue weighted by atomic mass is 10.2. The Morgan fingerprint density at radius 1 is 0.732 bits per heavy atom. The zero-order chi connectivity index (χ0) is 29.4. The van der Waals surface area contributed by atoms with Gasteiger partial charge in [-0.05, 0) is 36.4 Å². The van der Waals surface area contributed by atoms with Gasteiger partial charge in [-0.15, -0.1) is 22.7 Å². The minimum atomic E-state index is -1.24. The number of oxime groups is 2. The average Bonchev–Trinajstić information content (AvgIpc) is 3.60. The third-order valence-corrected chi connectivity index (χ3v) is 6.66. The van der Waals surface area contributed by atoms with Crippen molar-refractivity contribution >= 4 is 79.6 Å². The van der Waals surface area contributed by atoms with Gasteiger partial charge in [-0.3, -0.25) is 0 Å². The Kier molecular flexibility index (Phi) is 9.23. The summed E-state index contributed by atoms with van der Waals surface area (Å²) in [6.07, 6.45) is 0. The lowest BCUT2D eigenvalue weighted by Crippen LogP contribution is -2.14. The van der Waals surface area contributed by atoms with E-state index in [4.69, 9.17) is 4.74 Å². The second kappa shape index (κ2) is 13.2. The first-order chi connectivity index (χ1) is 19.8. The van der Waals surface area contributed by atoms with E-state index in [1.165, 1.54) is 36.9 Å². The fraction of sp³-hybridized carbons (Fsp3) is 0.125. The lowest BCUT2D eigenvalue weighted by molar-refractivity contribution is -0.130. The van der Waals surface area contributed by atoms with Crippen LogP contribution in [0.15, 0.2) is 57.5 Å². The number of methoxy groups -OCH3 is 1. The topological polar surface area (TPSA) is 202 Å². The van der Waals surface area contributed by atoms with Gasteiger partial charge in [-0.2, -0.15) is 15.0 Å². The van der Waals surface area contributed by atoms with E-state index < -0.39 is 11.9 Å². The van der Waals surface area contributed by atoms with Gasteiger partial charge in [0.2, 0.25) is 17.8 Å². The van der Waals surface area contributed by atoms with E-state index in [2.05, 4.69) is 50.9 Å². The fourth-order valence-electron chi connectivity index (χ4n) is 3.23. The van der Waals surface area contributed by atoms with Crippen LogP contribution in [0, 0.1) is 0 Å². The molecule has 0 spiro atoms. The van der Waals surface area contributed by atoms with Crippen molar-refractivity contribution in [1.29, 1.82) is 0 Å². The highest BCUT2D eigenvalue weighted by atomic mass is 32.1. The molecule has 17 heteroatoms. The Bertz CT molecular complexity index is 1510. The number of hydrogen-bond donors (Lipinski definition) is 5. The maximum Gasteiger partial charge on any atom is 0.358 e. The molecule has 0 aliphatic rings. The second-order valence-electron chi connectivity index (χ2n) is 7.66. The molecule has 0 saturated heterocycles. The summed E-state index contributed by atoms with van der Waals surface area (Å²) in [7, 11) is 4.08. The molecule has 4 rings (SSSR count). The number of rotatable bonds is 13. The zero-order valence-corrected chi connectivity index (χ0v) is 23.2. The number of carbonyl (C=O) groups is 2. The van der Waals surface area contributed by atoms with Crippen LogP contribution in [-0.4, -0.2) is 69.9 Å². The highest BCUT2D eigenvalue weighted by molar-refractivity contribution is 7.15. The number of nitrogens with zero attached hydrogens (tertiary/aromatic N) is 5. The van der Waals surface area contributed by atoms with Crippen LogP contribution in [0.3, 0.4) is 0 Å². The van der Waals surface area contributed by atoms with Crippen LogP contribution in [0.4, 0.5) is 33.5 Å². The van der Waals surface area contributed by atoms with Gasteiger partial charge in [0.05, 0.1) is 17.1 Å². The van der Waals surface area contributed by atoms with E-state index in [9.17, 15) is 19.8 Å². The summed E-state index contributed by atoms with van der Waals surface area (Å²) >= 11 is 2.42. The van der Waals surface area contributed by atoms with Crippen LogP contribution in [-0.2, 0) is 19.3 Å². The van der Waals surface area contributed by atoms with Crippen molar-refractivity contribution in [2.24, 2.45) is 10.3 Å². The molecule has 41 heavy (non-hydrogen) atoms. The Morgan fingerprint density at radius 2 is 1.17 bits per heavy atom. The number of nitrogens with one attached hydrogen (secondary N) is 3. The first kappa shape index (κ1) is 28.7. The van der Waals surface area contributed by atoms with Crippen molar-refractivity contribution in [3.63, 3.8) is 0 Å². The number of carboxylic acids is 2. The second-order valence-corrected chi connectivity index (χ2v) is 9.49. The first-order valence-corrected chi connectivity index (χ1v) is 13.1. The molecule has 4 aromatic rings. The van der Waals surface area contributed by atoms with Crippen molar-refractivity contribution < 1.29 is 34.2 Å². The molecule has 212 valence electrons.